The van der Waals surface area contributed by atoms with E-state index in [9.17, 15) is 0 Å². The Morgan fingerprint density at radius 1 is 1.41 bits per heavy atom. The van der Waals surface area contributed by atoms with E-state index in [1.54, 1.807) is 17.3 Å². The van der Waals surface area contributed by atoms with Gasteiger partial charge in [-0.1, -0.05) is 6.92 Å². The van der Waals surface area contributed by atoms with Gasteiger partial charge in [0.05, 0.1) is 6.26 Å². The van der Waals surface area contributed by atoms with Crippen LogP contribution in [0.5, 0.6) is 0 Å². The second kappa shape index (κ2) is 11.3. The number of aromatic nitrogens is 3. The van der Waals surface area contributed by atoms with Gasteiger partial charge < -0.3 is 15.1 Å². The molecular formula is C18H30IN7O. The summed E-state index contributed by atoms with van der Waals surface area (Å²) < 4.78 is 7.14. The molecule has 0 aliphatic carbocycles. The van der Waals surface area contributed by atoms with Crippen molar-refractivity contribution in [2.75, 3.05) is 26.2 Å². The number of aliphatic imine (C=N–C) groups is 1. The van der Waals surface area contributed by atoms with Gasteiger partial charge in [-0.25, -0.2) is 9.98 Å². The van der Waals surface area contributed by atoms with Crippen molar-refractivity contribution in [3.63, 3.8) is 0 Å². The third-order valence-corrected chi connectivity index (χ3v) is 4.84. The topological polar surface area (TPSA) is 83.5 Å². The lowest BCUT2D eigenvalue weighted by Gasteiger charge is -2.24. The van der Waals surface area contributed by atoms with Gasteiger partial charge in [-0.15, -0.1) is 24.0 Å². The van der Waals surface area contributed by atoms with Crippen LogP contribution in [0.2, 0.25) is 0 Å². The summed E-state index contributed by atoms with van der Waals surface area (Å²) in [5.74, 6) is 2.62. The lowest BCUT2D eigenvalue weighted by molar-refractivity contribution is 0.267. The second-order valence-corrected chi connectivity index (χ2v) is 6.53. The highest BCUT2D eigenvalue weighted by atomic mass is 127. The summed E-state index contributed by atoms with van der Waals surface area (Å²) in [4.78, 5) is 11.4. The smallest absolute Gasteiger partial charge is 0.191 e. The lowest BCUT2D eigenvalue weighted by atomic mass is 10.2. The van der Waals surface area contributed by atoms with Crippen LogP contribution in [0.25, 0.3) is 0 Å². The van der Waals surface area contributed by atoms with Gasteiger partial charge in [0, 0.05) is 32.6 Å². The molecule has 0 spiro atoms. The quantitative estimate of drug-likeness (QED) is 0.336. The molecular weight excluding hydrogens is 457 g/mol. The number of likely N-dealkylation sites (tertiary alicyclic amines) is 1. The van der Waals surface area contributed by atoms with Crippen LogP contribution in [-0.4, -0.2) is 57.8 Å². The normalized spacial score (nSPS) is 17.7. The molecule has 2 aromatic rings. The van der Waals surface area contributed by atoms with Gasteiger partial charge in [-0.2, -0.15) is 5.10 Å². The van der Waals surface area contributed by atoms with Gasteiger partial charge >= 0.3 is 0 Å². The maximum atomic E-state index is 5.39. The summed E-state index contributed by atoms with van der Waals surface area (Å²) in [6.45, 7) is 6.68. The van der Waals surface area contributed by atoms with Gasteiger partial charge in [-0.05, 0) is 38.1 Å². The zero-order valence-electron chi connectivity index (χ0n) is 16.1. The molecule has 1 fully saturated rings. The molecule has 1 unspecified atom stereocenters. The molecule has 2 N–H and O–H groups in total. The van der Waals surface area contributed by atoms with E-state index in [1.807, 2.05) is 19.2 Å². The van der Waals surface area contributed by atoms with E-state index < -0.39 is 0 Å². The van der Waals surface area contributed by atoms with Crippen molar-refractivity contribution >= 4 is 29.9 Å². The fourth-order valence-corrected chi connectivity index (χ4v) is 3.30. The zero-order chi connectivity index (χ0) is 18.2. The van der Waals surface area contributed by atoms with Crippen LogP contribution in [0.4, 0.5) is 0 Å². The maximum absolute atomic E-state index is 5.39. The Labute approximate surface area is 177 Å². The largest absolute Gasteiger partial charge is 0.469 e. The Bertz CT molecular complexity index is 686. The van der Waals surface area contributed by atoms with Crippen LogP contribution in [0.15, 0.2) is 34.1 Å². The number of hydrogen-bond donors (Lipinski definition) is 2. The third-order valence-electron chi connectivity index (χ3n) is 4.84. The molecule has 2 aromatic heterocycles. The van der Waals surface area contributed by atoms with Crippen LogP contribution in [0, 0.1) is 0 Å². The van der Waals surface area contributed by atoms with E-state index in [-0.39, 0.29) is 24.0 Å². The number of halogens is 1. The van der Waals surface area contributed by atoms with Crippen LogP contribution in [-0.2, 0) is 20.0 Å². The summed E-state index contributed by atoms with van der Waals surface area (Å²) in [5.41, 5.74) is 0. The molecule has 0 bridgehead atoms. The number of nitrogens with one attached hydrogen (secondary N) is 2. The number of guanidine groups is 1. The third kappa shape index (κ3) is 6.49. The van der Waals surface area contributed by atoms with Gasteiger partial charge in [-0.3, -0.25) is 9.58 Å². The Kier molecular flexibility index (Phi) is 9.05. The average molecular weight is 487 g/mol. The predicted molar refractivity (Wildman–Crippen MR) is 116 cm³/mol. The molecule has 3 heterocycles. The highest BCUT2D eigenvalue weighted by Gasteiger charge is 2.22. The molecule has 27 heavy (non-hydrogen) atoms. The first-order valence-electron chi connectivity index (χ1n) is 9.37. The molecule has 0 saturated carbocycles. The van der Waals surface area contributed by atoms with Gasteiger partial charge in [0.15, 0.2) is 5.96 Å². The first-order valence-corrected chi connectivity index (χ1v) is 9.37. The SMILES string of the molecule is CCN1CCCC1CNC(=NCc1ncnn1C)NCCc1ccco1.I. The number of hydrogen-bond acceptors (Lipinski definition) is 5. The minimum atomic E-state index is 0. The number of likely N-dealkylation sites (N-methyl/N-ethyl adjacent to an activating group) is 1. The van der Waals surface area contributed by atoms with E-state index in [2.05, 4.69) is 37.5 Å². The van der Waals surface area contributed by atoms with Crippen molar-refractivity contribution in [1.82, 2.24) is 30.3 Å². The van der Waals surface area contributed by atoms with Crippen molar-refractivity contribution in [1.29, 1.82) is 0 Å². The van der Waals surface area contributed by atoms with E-state index in [4.69, 9.17) is 4.42 Å². The number of rotatable bonds is 8. The van der Waals surface area contributed by atoms with Crippen LogP contribution in [0.1, 0.15) is 31.4 Å². The van der Waals surface area contributed by atoms with Crippen LogP contribution >= 0.6 is 24.0 Å². The summed E-state index contributed by atoms with van der Waals surface area (Å²) in [7, 11) is 1.88. The van der Waals surface area contributed by atoms with Crippen LogP contribution in [0.3, 0.4) is 0 Å². The Morgan fingerprint density at radius 2 is 2.30 bits per heavy atom. The molecule has 1 aliphatic rings. The van der Waals surface area contributed by atoms with Gasteiger partial charge in [0.25, 0.3) is 0 Å². The standard InChI is InChI=1S/C18H29N7O.HI/c1-3-25-10-4-6-15(25)12-20-18(19-9-8-16-7-5-11-26-16)21-13-17-22-14-23-24(17)2;/h5,7,11,14-15H,3-4,6,8-10,12-13H2,1-2H3,(H2,19,20,21);1H. The average Bonchev–Trinajstić information content (AvgIpc) is 3.39. The van der Waals surface area contributed by atoms with Crippen molar-refractivity contribution in [2.45, 2.75) is 38.8 Å². The fraction of sp³-hybridized carbons (Fsp3) is 0.611. The summed E-state index contributed by atoms with van der Waals surface area (Å²) >= 11 is 0. The summed E-state index contributed by atoms with van der Waals surface area (Å²) in [6, 6.07) is 4.48. The van der Waals surface area contributed by atoms with Crippen molar-refractivity contribution in [3.8, 4) is 0 Å². The molecule has 9 heteroatoms. The van der Waals surface area contributed by atoms with Gasteiger partial charge in [0.2, 0.25) is 0 Å². The molecule has 0 amide bonds. The zero-order valence-corrected chi connectivity index (χ0v) is 18.4. The molecule has 8 nitrogen and oxygen atoms in total. The molecule has 3 rings (SSSR count). The number of aryl methyl sites for hydroxylation is 1. The maximum Gasteiger partial charge on any atom is 0.191 e. The van der Waals surface area contributed by atoms with Crippen LogP contribution < -0.4 is 10.6 Å². The lowest BCUT2D eigenvalue weighted by Crippen LogP contribution is -2.45. The minimum absolute atomic E-state index is 0. The molecule has 1 aliphatic heterocycles. The van der Waals surface area contributed by atoms with Crippen molar-refractivity contribution in [3.05, 3.63) is 36.3 Å². The molecule has 150 valence electrons. The number of furan rings is 1. The first kappa shape index (κ1) is 21.7. The van der Waals surface area contributed by atoms with E-state index in [0.717, 1.165) is 43.6 Å². The van der Waals surface area contributed by atoms with Crippen molar-refractivity contribution < 1.29 is 4.42 Å². The summed E-state index contributed by atoms with van der Waals surface area (Å²) in [6.07, 6.45) is 6.60. The summed E-state index contributed by atoms with van der Waals surface area (Å²) in [5, 5.41) is 11.0. The van der Waals surface area contributed by atoms with E-state index in [1.165, 1.54) is 19.4 Å². The minimum Gasteiger partial charge on any atom is -0.469 e. The highest BCUT2D eigenvalue weighted by Crippen LogP contribution is 2.15. The molecule has 0 aromatic carbocycles. The molecule has 1 saturated heterocycles. The van der Waals surface area contributed by atoms with E-state index in [0.29, 0.717) is 12.6 Å². The monoisotopic (exact) mass is 487 g/mol. The first-order chi connectivity index (χ1) is 12.8. The molecule has 1 atom stereocenters. The fourth-order valence-electron chi connectivity index (χ4n) is 3.30. The van der Waals surface area contributed by atoms with E-state index >= 15 is 0 Å². The Morgan fingerprint density at radius 3 is 3.00 bits per heavy atom. The predicted octanol–water partition coefficient (Wildman–Crippen LogP) is 1.79. The van der Waals surface area contributed by atoms with Crippen molar-refractivity contribution in [2.24, 2.45) is 12.0 Å². The van der Waals surface area contributed by atoms with Gasteiger partial charge in [0.1, 0.15) is 24.5 Å². The molecule has 0 radical (unpaired) electrons. The highest BCUT2D eigenvalue weighted by molar-refractivity contribution is 14.0. The Hall–Kier alpha value is -1.62. The second-order valence-electron chi connectivity index (χ2n) is 6.53. The number of nitrogens with zero attached hydrogens (tertiary/aromatic N) is 5. The Balaban J connectivity index is 0.00000261.